The van der Waals surface area contributed by atoms with Gasteiger partial charge in [-0.1, -0.05) is 19.8 Å². The van der Waals surface area contributed by atoms with E-state index in [0.29, 0.717) is 12.0 Å². The lowest BCUT2D eigenvalue weighted by Gasteiger charge is -2.29. The number of amides is 1. The number of halogens is 1. The molecule has 0 aliphatic heterocycles. The summed E-state index contributed by atoms with van der Waals surface area (Å²) in [6.45, 7) is 6.42. The van der Waals surface area contributed by atoms with E-state index >= 15 is 0 Å². The van der Waals surface area contributed by atoms with E-state index in [-0.39, 0.29) is 11.9 Å². The Balaban J connectivity index is 2.11. The average Bonchev–Trinajstić information content (AvgIpc) is 2.74. The number of carbonyl (C=O) groups excluding carboxylic acids is 1. The molecule has 1 N–H and O–H groups in total. The van der Waals surface area contributed by atoms with E-state index in [0.717, 1.165) is 16.6 Å². The maximum Gasteiger partial charge on any atom is 0.268 e. The van der Waals surface area contributed by atoms with Gasteiger partial charge in [0.15, 0.2) is 0 Å². The van der Waals surface area contributed by atoms with Crippen molar-refractivity contribution >= 4 is 21.8 Å². The van der Waals surface area contributed by atoms with E-state index < -0.39 is 0 Å². The zero-order valence-corrected chi connectivity index (χ0v) is 13.5. The molecule has 2 atom stereocenters. The Morgan fingerprint density at radius 1 is 1.42 bits per heavy atom. The van der Waals surface area contributed by atoms with E-state index in [4.69, 9.17) is 0 Å². The fraction of sp³-hybridized carbons (Fsp3) is 0.667. The molecule has 106 valence electrons. The first-order valence-electron chi connectivity index (χ1n) is 7.17. The van der Waals surface area contributed by atoms with Gasteiger partial charge in [-0.05, 0) is 54.6 Å². The van der Waals surface area contributed by atoms with Crippen LogP contribution in [-0.2, 0) is 0 Å². The zero-order chi connectivity index (χ0) is 14.0. The molecule has 1 aromatic heterocycles. The number of hydrogen-bond acceptors (Lipinski definition) is 1. The van der Waals surface area contributed by atoms with Crippen LogP contribution in [-0.4, -0.2) is 16.5 Å². The van der Waals surface area contributed by atoms with Crippen molar-refractivity contribution in [3.63, 3.8) is 0 Å². The molecule has 2 unspecified atom stereocenters. The molecule has 1 aliphatic carbocycles. The second-order valence-corrected chi connectivity index (χ2v) is 6.80. The largest absolute Gasteiger partial charge is 0.348 e. The van der Waals surface area contributed by atoms with Crippen LogP contribution in [0.25, 0.3) is 0 Å². The third kappa shape index (κ3) is 3.41. The normalized spacial score (nSPS) is 23.6. The van der Waals surface area contributed by atoms with Gasteiger partial charge in [-0.3, -0.25) is 4.79 Å². The minimum absolute atomic E-state index is 0.0538. The summed E-state index contributed by atoms with van der Waals surface area (Å²) in [4.78, 5) is 12.4. The van der Waals surface area contributed by atoms with Gasteiger partial charge in [-0.2, -0.15) is 0 Å². The Bertz CT molecular complexity index is 453. The maximum atomic E-state index is 12.4. The van der Waals surface area contributed by atoms with Gasteiger partial charge in [0.2, 0.25) is 0 Å². The Hall–Kier alpha value is -0.770. The van der Waals surface area contributed by atoms with Crippen molar-refractivity contribution in [2.24, 2.45) is 5.92 Å². The Morgan fingerprint density at radius 2 is 2.11 bits per heavy atom. The van der Waals surface area contributed by atoms with Gasteiger partial charge in [0.05, 0.1) is 0 Å². The van der Waals surface area contributed by atoms with Crippen molar-refractivity contribution in [2.45, 2.75) is 58.5 Å². The van der Waals surface area contributed by atoms with Crippen LogP contribution in [0.4, 0.5) is 0 Å². The predicted octanol–water partition coefficient (Wildman–Crippen LogP) is 4.14. The summed E-state index contributed by atoms with van der Waals surface area (Å²) in [5, 5.41) is 3.21. The maximum absolute atomic E-state index is 12.4. The summed E-state index contributed by atoms with van der Waals surface area (Å²) >= 11 is 3.46. The van der Waals surface area contributed by atoms with E-state index in [9.17, 15) is 4.79 Å². The van der Waals surface area contributed by atoms with Crippen molar-refractivity contribution in [1.29, 1.82) is 0 Å². The fourth-order valence-electron chi connectivity index (χ4n) is 2.83. The first-order valence-corrected chi connectivity index (χ1v) is 7.96. The minimum Gasteiger partial charge on any atom is -0.348 e. The smallest absolute Gasteiger partial charge is 0.268 e. The van der Waals surface area contributed by atoms with Crippen LogP contribution in [0.15, 0.2) is 16.7 Å². The molecule has 19 heavy (non-hydrogen) atoms. The highest BCUT2D eigenvalue weighted by molar-refractivity contribution is 9.10. The van der Waals surface area contributed by atoms with Gasteiger partial charge in [-0.25, -0.2) is 0 Å². The van der Waals surface area contributed by atoms with Gasteiger partial charge in [0, 0.05) is 22.8 Å². The van der Waals surface area contributed by atoms with Crippen LogP contribution in [0.1, 0.15) is 63.0 Å². The van der Waals surface area contributed by atoms with Crippen LogP contribution < -0.4 is 5.32 Å². The van der Waals surface area contributed by atoms with Crippen LogP contribution in [0, 0.1) is 5.92 Å². The molecule has 1 saturated carbocycles. The van der Waals surface area contributed by atoms with Gasteiger partial charge in [0.25, 0.3) is 5.91 Å². The number of hydrogen-bond donors (Lipinski definition) is 1. The lowest BCUT2D eigenvalue weighted by molar-refractivity contribution is 0.0899. The molecule has 1 amide bonds. The topological polar surface area (TPSA) is 34.0 Å². The molecule has 0 radical (unpaired) electrons. The quantitative estimate of drug-likeness (QED) is 0.889. The molecule has 1 aliphatic rings. The SMILES string of the molecule is CC1CCCCC1NC(=O)c1cc(Br)cn1C(C)C. The molecule has 0 aromatic carbocycles. The van der Waals surface area contributed by atoms with E-state index in [2.05, 4.69) is 42.0 Å². The lowest BCUT2D eigenvalue weighted by atomic mass is 9.86. The van der Waals surface area contributed by atoms with Crippen molar-refractivity contribution in [3.8, 4) is 0 Å². The fourth-order valence-corrected chi connectivity index (χ4v) is 3.27. The number of nitrogens with one attached hydrogen (secondary N) is 1. The highest BCUT2D eigenvalue weighted by atomic mass is 79.9. The summed E-state index contributed by atoms with van der Waals surface area (Å²) in [5.74, 6) is 0.641. The molecule has 3 nitrogen and oxygen atoms in total. The van der Waals surface area contributed by atoms with Crippen LogP contribution in [0.3, 0.4) is 0 Å². The van der Waals surface area contributed by atoms with Crippen LogP contribution in [0.2, 0.25) is 0 Å². The third-order valence-electron chi connectivity index (χ3n) is 4.03. The summed E-state index contributed by atoms with van der Waals surface area (Å²) in [6, 6.07) is 2.52. The molecule has 1 fully saturated rings. The molecular weight excluding hydrogens is 304 g/mol. The van der Waals surface area contributed by atoms with E-state index in [1.165, 1.54) is 19.3 Å². The number of aromatic nitrogens is 1. The van der Waals surface area contributed by atoms with E-state index in [1.54, 1.807) is 0 Å². The zero-order valence-electron chi connectivity index (χ0n) is 11.9. The van der Waals surface area contributed by atoms with Crippen LogP contribution >= 0.6 is 15.9 Å². The highest BCUT2D eigenvalue weighted by Crippen LogP contribution is 2.25. The predicted molar refractivity (Wildman–Crippen MR) is 81.4 cm³/mol. The van der Waals surface area contributed by atoms with Gasteiger partial charge < -0.3 is 9.88 Å². The number of rotatable bonds is 3. The Kier molecular flexibility index (Phi) is 4.71. The van der Waals surface area contributed by atoms with Crippen LogP contribution in [0.5, 0.6) is 0 Å². The number of carbonyl (C=O) groups is 1. The molecule has 4 heteroatoms. The van der Waals surface area contributed by atoms with Crippen molar-refractivity contribution in [1.82, 2.24) is 9.88 Å². The average molecular weight is 327 g/mol. The van der Waals surface area contributed by atoms with Gasteiger partial charge in [-0.15, -0.1) is 0 Å². The monoisotopic (exact) mass is 326 g/mol. The van der Waals surface area contributed by atoms with Crippen molar-refractivity contribution < 1.29 is 4.79 Å². The highest BCUT2D eigenvalue weighted by Gasteiger charge is 2.24. The Labute approximate surface area is 123 Å². The van der Waals surface area contributed by atoms with Crippen molar-refractivity contribution in [2.75, 3.05) is 0 Å². The Morgan fingerprint density at radius 3 is 2.74 bits per heavy atom. The summed E-state index contributed by atoms with van der Waals surface area (Å²) < 4.78 is 2.98. The molecule has 1 heterocycles. The summed E-state index contributed by atoms with van der Waals surface area (Å²) in [5.41, 5.74) is 0.750. The molecule has 2 rings (SSSR count). The molecular formula is C15H23BrN2O. The standard InChI is InChI=1S/C15H23BrN2O/c1-10(2)18-9-12(16)8-14(18)15(19)17-13-7-5-4-6-11(13)3/h8-11,13H,4-7H2,1-3H3,(H,17,19). The second kappa shape index (κ2) is 6.12. The lowest BCUT2D eigenvalue weighted by Crippen LogP contribution is -2.41. The number of nitrogens with zero attached hydrogens (tertiary/aromatic N) is 1. The van der Waals surface area contributed by atoms with Crippen molar-refractivity contribution in [3.05, 3.63) is 22.4 Å². The molecule has 0 bridgehead atoms. The van der Waals surface area contributed by atoms with Gasteiger partial charge >= 0.3 is 0 Å². The van der Waals surface area contributed by atoms with Gasteiger partial charge in [0.1, 0.15) is 5.69 Å². The summed E-state index contributed by atoms with van der Waals surface area (Å²) in [6.07, 6.45) is 6.83. The first-order chi connectivity index (χ1) is 8.99. The molecule has 0 saturated heterocycles. The summed E-state index contributed by atoms with van der Waals surface area (Å²) in [7, 11) is 0. The first kappa shape index (κ1) is 14.6. The van der Waals surface area contributed by atoms with E-state index in [1.807, 2.05) is 16.8 Å². The minimum atomic E-state index is 0.0538. The molecule has 1 aromatic rings. The third-order valence-corrected chi connectivity index (χ3v) is 4.47. The second-order valence-electron chi connectivity index (χ2n) is 5.89. The molecule has 0 spiro atoms.